The zero-order chi connectivity index (χ0) is 19.2. The van der Waals surface area contributed by atoms with Gasteiger partial charge in [0.15, 0.2) is 0 Å². The van der Waals surface area contributed by atoms with Crippen LogP contribution in [0.5, 0.6) is 5.75 Å². The lowest BCUT2D eigenvalue weighted by Crippen LogP contribution is -2.45. The Morgan fingerprint density at radius 1 is 1.15 bits per heavy atom. The molecule has 2 aromatic rings. The van der Waals surface area contributed by atoms with E-state index in [0.717, 1.165) is 30.9 Å². The van der Waals surface area contributed by atoms with Crippen molar-refractivity contribution in [3.05, 3.63) is 48.3 Å². The molecule has 27 heavy (non-hydrogen) atoms. The molecule has 1 saturated heterocycles. The number of hydrogen-bond donors (Lipinski definition) is 1. The highest BCUT2D eigenvalue weighted by atomic mass is 16.5. The normalized spacial score (nSPS) is 14.2. The van der Waals surface area contributed by atoms with E-state index < -0.39 is 0 Å². The molecule has 0 unspecified atom stereocenters. The quantitative estimate of drug-likeness (QED) is 0.793. The molecule has 1 aromatic heterocycles. The Labute approximate surface area is 158 Å². The van der Waals surface area contributed by atoms with Crippen molar-refractivity contribution in [1.82, 2.24) is 9.88 Å². The number of amides is 2. The minimum absolute atomic E-state index is 0.103. The van der Waals surface area contributed by atoms with Gasteiger partial charge in [0.1, 0.15) is 11.4 Å². The van der Waals surface area contributed by atoms with Gasteiger partial charge in [-0.1, -0.05) is 0 Å². The number of benzene rings is 1. The molecule has 0 spiro atoms. The first kappa shape index (κ1) is 18.7. The summed E-state index contributed by atoms with van der Waals surface area (Å²) < 4.78 is 5.60. The minimum Gasteiger partial charge on any atom is -0.491 e. The molecule has 2 amide bonds. The van der Waals surface area contributed by atoms with Gasteiger partial charge in [-0.15, -0.1) is 0 Å². The zero-order valence-corrected chi connectivity index (χ0v) is 15.6. The molecule has 1 N–H and O–H groups in total. The fraction of sp³-hybridized carbons (Fsp3) is 0.350. The van der Waals surface area contributed by atoms with E-state index in [1.807, 2.05) is 32.0 Å². The van der Waals surface area contributed by atoms with Crippen LogP contribution in [0.15, 0.2) is 42.6 Å². The lowest BCUT2D eigenvalue weighted by molar-refractivity contribution is -0.118. The molecular formula is C20H24N4O3. The van der Waals surface area contributed by atoms with Crippen LogP contribution in [0.4, 0.5) is 11.4 Å². The summed E-state index contributed by atoms with van der Waals surface area (Å²) in [4.78, 5) is 31.4. The van der Waals surface area contributed by atoms with Gasteiger partial charge < -0.3 is 19.9 Å². The number of carbonyl (C=O) groups is 2. The van der Waals surface area contributed by atoms with Crippen molar-refractivity contribution in [2.45, 2.75) is 20.0 Å². The second-order valence-corrected chi connectivity index (χ2v) is 6.67. The average Bonchev–Trinajstić information content (AvgIpc) is 2.69. The number of hydrogen-bond acceptors (Lipinski definition) is 5. The number of pyridine rings is 1. The van der Waals surface area contributed by atoms with Crippen LogP contribution in [0.1, 0.15) is 24.3 Å². The molecule has 7 nitrogen and oxygen atoms in total. The predicted molar refractivity (Wildman–Crippen MR) is 104 cm³/mol. The van der Waals surface area contributed by atoms with E-state index in [0.29, 0.717) is 24.5 Å². The number of piperazine rings is 1. The highest BCUT2D eigenvalue weighted by molar-refractivity contribution is 6.03. The van der Waals surface area contributed by atoms with Gasteiger partial charge in [0.25, 0.3) is 5.91 Å². The van der Waals surface area contributed by atoms with Gasteiger partial charge in [-0.2, -0.15) is 0 Å². The first-order valence-electron chi connectivity index (χ1n) is 9.03. The summed E-state index contributed by atoms with van der Waals surface area (Å²) >= 11 is 0. The predicted octanol–water partition coefficient (Wildman–Crippen LogP) is 2.40. The Kier molecular flexibility index (Phi) is 5.90. The van der Waals surface area contributed by atoms with Gasteiger partial charge in [-0.05, 0) is 50.2 Å². The summed E-state index contributed by atoms with van der Waals surface area (Å²) in [6.07, 6.45) is 2.61. The Hall–Kier alpha value is -3.09. The second-order valence-electron chi connectivity index (χ2n) is 6.67. The van der Waals surface area contributed by atoms with Crippen molar-refractivity contribution in [1.29, 1.82) is 0 Å². The molecule has 1 aliphatic rings. The van der Waals surface area contributed by atoms with E-state index in [1.165, 1.54) is 0 Å². The van der Waals surface area contributed by atoms with Gasteiger partial charge in [-0.3, -0.25) is 14.6 Å². The fourth-order valence-corrected chi connectivity index (χ4v) is 2.91. The van der Waals surface area contributed by atoms with Crippen LogP contribution in [0.25, 0.3) is 0 Å². The SMILES string of the molecule is CC(C)Oc1ccc(NC(=O)c2cc(N3CCN(C=O)CC3)ccn2)cc1. The third-order valence-electron chi connectivity index (χ3n) is 4.29. The van der Waals surface area contributed by atoms with Crippen molar-refractivity contribution in [3.63, 3.8) is 0 Å². The first-order chi connectivity index (χ1) is 13.0. The molecule has 7 heteroatoms. The highest BCUT2D eigenvalue weighted by Gasteiger charge is 2.17. The Bertz CT molecular complexity index is 784. The number of ether oxygens (including phenoxy) is 1. The molecule has 2 heterocycles. The maximum absolute atomic E-state index is 12.5. The van der Waals surface area contributed by atoms with Gasteiger partial charge in [0.05, 0.1) is 6.10 Å². The largest absolute Gasteiger partial charge is 0.491 e. The summed E-state index contributed by atoms with van der Waals surface area (Å²) in [6, 6.07) is 10.9. The summed E-state index contributed by atoms with van der Waals surface area (Å²) in [5, 5.41) is 2.86. The standard InChI is InChI=1S/C20H24N4O3/c1-15(2)27-18-5-3-16(4-6-18)22-20(26)19-13-17(7-8-21-19)24-11-9-23(14-25)10-12-24/h3-8,13-15H,9-12H2,1-2H3,(H,22,26). The Morgan fingerprint density at radius 2 is 1.85 bits per heavy atom. The Balaban J connectivity index is 1.64. The van der Waals surface area contributed by atoms with E-state index >= 15 is 0 Å². The molecule has 0 atom stereocenters. The molecule has 1 aromatic carbocycles. The molecule has 0 bridgehead atoms. The van der Waals surface area contributed by atoms with E-state index in [4.69, 9.17) is 4.74 Å². The van der Waals surface area contributed by atoms with Crippen LogP contribution < -0.4 is 15.0 Å². The van der Waals surface area contributed by atoms with E-state index in [-0.39, 0.29) is 12.0 Å². The monoisotopic (exact) mass is 368 g/mol. The Morgan fingerprint density at radius 3 is 2.48 bits per heavy atom. The number of aromatic nitrogens is 1. The summed E-state index contributed by atoms with van der Waals surface area (Å²) in [7, 11) is 0. The van der Waals surface area contributed by atoms with Crippen LogP contribution >= 0.6 is 0 Å². The van der Waals surface area contributed by atoms with Gasteiger partial charge >= 0.3 is 0 Å². The molecule has 1 fully saturated rings. The maximum Gasteiger partial charge on any atom is 0.274 e. The number of nitrogens with zero attached hydrogens (tertiary/aromatic N) is 3. The summed E-state index contributed by atoms with van der Waals surface area (Å²) in [6.45, 7) is 6.76. The van der Waals surface area contributed by atoms with E-state index in [2.05, 4.69) is 15.2 Å². The van der Waals surface area contributed by atoms with E-state index in [1.54, 1.807) is 29.3 Å². The lowest BCUT2D eigenvalue weighted by Gasteiger charge is -2.34. The molecule has 142 valence electrons. The van der Waals surface area contributed by atoms with Crippen molar-refractivity contribution >= 4 is 23.7 Å². The summed E-state index contributed by atoms with van der Waals surface area (Å²) in [5.41, 5.74) is 1.97. The van der Waals surface area contributed by atoms with Crippen LogP contribution in [0.2, 0.25) is 0 Å². The van der Waals surface area contributed by atoms with Crippen LogP contribution in [-0.2, 0) is 4.79 Å². The second kappa shape index (κ2) is 8.53. The van der Waals surface area contributed by atoms with Crippen molar-refractivity contribution in [2.75, 3.05) is 36.4 Å². The highest BCUT2D eigenvalue weighted by Crippen LogP contribution is 2.19. The van der Waals surface area contributed by atoms with Crippen molar-refractivity contribution < 1.29 is 14.3 Å². The maximum atomic E-state index is 12.5. The van der Waals surface area contributed by atoms with Crippen molar-refractivity contribution in [3.8, 4) is 5.75 Å². The number of anilines is 2. The molecule has 0 radical (unpaired) electrons. The average molecular weight is 368 g/mol. The van der Waals surface area contributed by atoms with Crippen LogP contribution in [0, 0.1) is 0 Å². The molecule has 1 aliphatic heterocycles. The fourth-order valence-electron chi connectivity index (χ4n) is 2.91. The smallest absolute Gasteiger partial charge is 0.274 e. The molecule has 0 aliphatic carbocycles. The molecule has 3 rings (SSSR count). The van der Waals surface area contributed by atoms with Gasteiger partial charge in [0.2, 0.25) is 6.41 Å². The third kappa shape index (κ3) is 4.97. The summed E-state index contributed by atoms with van der Waals surface area (Å²) in [5.74, 6) is 0.499. The number of carbonyl (C=O) groups excluding carboxylic acids is 2. The lowest BCUT2D eigenvalue weighted by atomic mass is 10.2. The van der Waals surface area contributed by atoms with E-state index in [9.17, 15) is 9.59 Å². The first-order valence-corrected chi connectivity index (χ1v) is 9.03. The van der Waals surface area contributed by atoms with Crippen molar-refractivity contribution in [2.24, 2.45) is 0 Å². The third-order valence-corrected chi connectivity index (χ3v) is 4.29. The number of nitrogens with one attached hydrogen (secondary N) is 1. The molecule has 0 saturated carbocycles. The van der Waals surface area contributed by atoms with Crippen LogP contribution in [-0.4, -0.2) is 54.5 Å². The van der Waals surface area contributed by atoms with Gasteiger partial charge in [-0.25, -0.2) is 0 Å². The van der Waals surface area contributed by atoms with Gasteiger partial charge in [0, 0.05) is 43.8 Å². The molecular weight excluding hydrogens is 344 g/mol. The van der Waals surface area contributed by atoms with Crippen LogP contribution in [0.3, 0.4) is 0 Å². The minimum atomic E-state index is -0.263. The zero-order valence-electron chi connectivity index (χ0n) is 15.6. The number of rotatable bonds is 6. The topological polar surface area (TPSA) is 74.8 Å².